The number of imidazole rings is 1. The summed E-state index contributed by atoms with van der Waals surface area (Å²) >= 11 is 0. The number of aromatic amines is 1. The average Bonchev–Trinajstić information content (AvgIpc) is 3.68. The maximum Gasteiger partial charge on any atom is 0.309 e. The fourth-order valence-corrected chi connectivity index (χ4v) is 18.1. The van der Waals surface area contributed by atoms with Crippen LogP contribution in [-0.4, -0.2) is 45.4 Å². The molecule has 13 atom stereocenters. The lowest BCUT2D eigenvalue weighted by atomic mass is 9.32. The Morgan fingerprint density at radius 1 is 0.687 bits per heavy atom. The number of esters is 2. The number of likely N-dealkylation sites (tertiary alicyclic amines) is 1. The van der Waals surface area contributed by atoms with Gasteiger partial charge in [-0.25, -0.2) is 4.98 Å². The average molecular weight is 910 g/mol. The lowest BCUT2D eigenvalue weighted by Crippen LogP contribution is -2.67. The number of hydrogen-bond acceptors (Lipinski definition) is 6. The second kappa shape index (κ2) is 15.8. The fraction of sp³-hybridized carbons (Fsp3) is 0.695. The number of nitrogens with zero attached hydrogens (tertiary/aromatic N) is 2. The van der Waals surface area contributed by atoms with Gasteiger partial charge in [0, 0.05) is 12.0 Å². The van der Waals surface area contributed by atoms with Crippen molar-refractivity contribution in [3.05, 3.63) is 78.2 Å². The van der Waals surface area contributed by atoms with E-state index in [4.69, 9.17) is 14.5 Å². The van der Waals surface area contributed by atoms with Crippen molar-refractivity contribution in [3.8, 4) is 11.3 Å². The second-order valence-corrected chi connectivity index (χ2v) is 25.9. The number of ether oxygens (including phenoxy) is 2. The van der Waals surface area contributed by atoms with Gasteiger partial charge in [0.15, 0.2) is 0 Å². The van der Waals surface area contributed by atoms with E-state index in [-0.39, 0.29) is 69.6 Å². The topological polar surface area (TPSA) is 102 Å². The van der Waals surface area contributed by atoms with Crippen LogP contribution in [0.15, 0.2) is 66.9 Å². The summed E-state index contributed by atoms with van der Waals surface area (Å²) in [5.41, 5.74) is 2.99. The summed E-state index contributed by atoms with van der Waals surface area (Å²) in [5, 5.41) is 0. The Hall–Kier alpha value is -3.94. The third-order valence-corrected chi connectivity index (χ3v) is 22.6. The number of hydrogen-bond donors (Lipinski definition) is 1. The molecule has 360 valence electrons. The van der Waals surface area contributed by atoms with Crippen LogP contribution < -0.4 is 0 Å². The van der Waals surface area contributed by atoms with Gasteiger partial charge in [-0.05, 0) is 164 Å². The van der Waals surface area contributed by atoms with Gasteiger partial charge in [0.2, 0.25) is 5.91 Å². The molecule has 1 amide bonds. The number of H-pyrrole nitrogens is 1. The minimum atomic E-state index is -0.515. The highest BCUT2D eigenvalue weighted by Gasteiger charge is 2.74. The molecular weight excluding hydrogens is 831 g/mol. The van der Waals surface area contributed by atoms with E-state index in [1.54, 1.807) is 0 Å². The summed E-state index contributed by atoms with van der Waals surface area (Å²) in [5.74, 6) is 3.04. The molecule has 2 heterocycles. The molecule has 8 fully saturated rings. The number of amides is 1. The van der Waals surface area contributed by atoms with Crippen molar-refractivity contribution < 1.29 is 23.9 Å². The van der Waals surface area contributed by atoms with Crippen LogP contribution in [-0.2, 0) is 30.5 Å². The number of benzene rings is 2. The zero-order valence-corrected chi connectivity index (χ0v) is 42.0. The van der Waals surface area contributed by atoms with Gasteiger partial charge in [-0.2, -0.15) is 0 Å². The van der Waals surface area contributed by atoms with Gasteiger partial charge in [-0.1, -0.05) is 116 Å². The Kier molecular flexibility index (Phi) is 10.7. The van der Waals surface area contributed by atoms with E-state index in [2.05, 4.69) is 75.7 Å². The van der Waals surface area contributed by atoms with Crippen LogP contribution >= 0.6 is 0 Å². The zero-order chi connectivity index (χ0) is 46.9. The lowest BCUT2D eigenvalue weighted by Gasteiger charge is -2.73. The third kappa shape index (κ3) is 6.75. The van der Waals surface area contributed by atoms with Crippen molar-refractivity contribution in [2.75, 3.05) is 6.54 Å². The SMILES string of the molecule is CC1(C)C(C(=O)OCc2ccccc2)CC1C(=O)O[C@H]1CC[C@]2(C)C3CC[C@@H]4[C@H]5[C@H](C6(C)CC6)CC[C@]5(C(=O)N5CCCC5c5ncc(-c6ccccc6)[nH]5)CC[C@@]4(C)[C@]3(C)CC[C@H]2C1(C)C. The van der Waals surface area contributed by atoms with Crippen LogP contribution in [0.5, 0.6) is 0 Å². The number of nitrogens with one attached hydrogen (secondary N) is 1. The van der Waals surface area contributed by atoms with Gasteiger partial charge >= 0.3 is 11.9 Å². The highest BCUT2D eigenvalue weighted by molar-refractivity contribution is 5.85. The van der Waals surface area contributed by atoms with Crippen molar-refractivity contribution in [2.45, 2.75) is 170 Å². The fourth-order valence-electron chi connectivity index (χ4n) is 18.1. The van der Waals surface area contributed by atoms with Crippen LogP contribution in [0.25, 0.3) is 11.3 Å². The van der Waals surface area contributed by atoms with E-state index in [9.17, 15) is 9.59 Å². The van der Waals surface area contributed by atoms with E-state index in [1.807, 2.05) is 56.4 Å². The first-order chi connectivity index (χ1) is 31.9. The Labute approximate surface area is 400 Å². The molecule has 0 radical (unpaired) electrons. The van der Waals surface area contributed by atoms with Gasteiger partial charge in [0.25, 0.3) is 0 Å². The maximum absolute atomic E-state index is 15.8. The van der Waals surface area contributed by atoms with Crippen molar-refractivity contribution in [1.82, 2.24) is 14.9 Å². The number of fused-ring (bicyclic) bond motifs is 7. The first-order valence-electron chi connectivity index (χ1n) is 26.7. The van der Waals surface area contributed by atoms with Crippen LogP contribution in [0.1, 0.15) is 169 Å². The standard InChI is InChI=1S/C59H79N3O5/c1-53(2)41(50(63)66-36-37-16-11-9-12-17-37)34-42(53)51(64)67-47-25-26-56(6)45(54(47,3)4)24-27-58(8)46(56)22-21-40-48-39(55(5)29-30-55)23-28-59(48,32-31-57(40,58)7)52(65)62-33-15-20-44(62)49-60-35-43(61-49)38-18-13-10-14-19-38/h9-14,16-19,35,39-42,44-48H,15,20-34,36H2,1-8H3,(H,60,61)/t39-,40-,41?,42?,44?,45+,46?,47+,48-,56+,57-,58-,59+/m1/s1. The molecule has 8 heteroatoms. The van der Waals surface area contributed by atoms with Crippen molar-refractivity contribution in [2.24, 2.45) is 79.3 Å². The Balaban J connectivity index is 0.806. The van der Waals surface area contributed by atoms with Crippen molar-refractivity contribution in [1.29, 1.82) is 0 Å². The molecule has 2 aromatic carbocycles. The first-order valence-corrected chi connectivity index (χ1v) is 26.7. The molecule has 8 aliphatic rings. The van der Waals surface area contributed by atoms with Gasteiger partial charge in [0.1, 0.15) is 18.5 Å². The van der Waals surface area contributed by atoms with Crippen LogP contribution in [0, 0.1) is 79.3 Å². The molecular formula is C59H79N3O5. The molecule has 1 aromatic heterocycles. The molecule has 1 saturated heterocycles. The summed E-state index contributed by atoms with van der Waals surface area (Å²) in [6.45, 7) is 20.6. The van der Waals surface area contributed by atoms with Crippen LogP contribution in [0.2, 0.25) is 0 Å². The molecule has 1 N–H and O–H groups in total. The van der Waals surface area contributed by atoms with Gasteiger partial charge in [-0.15, -0.1) is 0 Å². The maximum atomic E-state index is 15.8. The van der Waals surface area contributed by atoms with Crippen molar-refractivity contribution in [3.63, 3.8) is 0 Å². The summed E-state index contributed by atoms with van der Waals surface area (Å²) < 4.78 is 12.4. The van der Waals surface area contributed by atoms with Crippen LogP contribution in [0.4, 0.5) is 0 Å². The molecule has 0 bridgehead atoms. The molecule has 7 saturated carbocycles. The lowest BCUT2D eigenvalue weighted by molar-refractivity contribution is -0.253. The highest BCUT2D eigenvalue weighted by atomic mass is 16.5. The molecule has 3 aromatic rings. The number of carbonyl (C=O) groups excluding carboxylic acids is 3. The highest BCUT2D eigenvalue weighted by Crippen LogP contribution is 2.79. The molecule has 1 aliphatic heterocycles. The Morgan fingerprint density at radius 2 is 1.40 bits per heavy atom. The monoisotopic (exact) mass is 910 g/mol. The van der Waals surface area contributed by atoms with E-state index in [0.29, 0.717) is 47.3 Å². The number of rotatable bonds is 9. The van der Waals surface area contributed by atoms with Gasteiger partial charge in [0.05, 0.1) is 35.2 Å². The smallest absolute Gasteiger partial charge is 0.309 e. The summed E-state index contributed by atoms with van der Waals surface area (Å²) in [4.78, 5) is 54.1. The summed E-state index contributed by atoms with van der Waals surface area (Å²) in [6, 6.07) is 20.2. The Morgan fingerprint density at radius 3 is 2.12 bits per heavy atom. The van der Waals surface area contributed by atoms with E-state index in [1.165, 1.54) is 38.5 Å². The number of carbonyl (C=O) groups is 3. The molecule has 67 heavy (non-hydrogen) atoms. The quantitative estimate of drug-likeness (QED) is 0.215. The molecule has 0 spiro atoms. The van der Waals surface area contributed by atoms with Crippen LogP contribution in [0.3, 0.4) is 0 Å². The predicted molar refractivity (Wildman–Crippen MR) is 261 cm³/mol. The minimum Gasteiger partial charge on any atom is -0.462 e. The van der Waals surface area contributed by atoms with Gasteiger partial charge < -0.3 is 19.4 Å². The normalized spacial score (nSPS) is 40.8. The molecule has 8 nitrogen and oxygen atoms in total. The minimum absolute atomic E-state index is 0.0104. The van der Waals surface area contributed by atoms with E-state index in [0.717, 1.165) is 80.6 Å². The first kappa shape index (κ1) is 45.5. The Bertz CT molecular complexity index is 2390. The predicted octanol–water partition coefficient (Wildman–Crippen LogP) is 12.9. The van der Waals surface area contributed by atoms with E-state index < -0.39 is 5.41 Å². The zero-order valence-electron chi connectivity index (χ0n) is 42.0. The molecule has 4 unspecified atom stereocenters. The molecule has 7 aliphatic carbocycles. The summed E-state index contributed by atoms with van der Waals surface area (Å²) in [7, 11) is 0. The van der Waals surface area contributed by atoms with E-state index >= 15 is 4.79 Å². The third-order valence-electron chi connectivity index (χ3n) is 22.6. The van der Waals surface area contributed by atoms with Gasteiger partial charge in [-0.3, -0.25) is 14.4 Å². The summed E-state index contributed by atoms with van der Waals surface area (Å²) in [6.07, 6.45) is 18.1. The molecule has 11 rings (SSSR count). The second-order valence-electron chi connectivity index (χ2n) is 25.9. The number of aromatic nitrogens is 2. The van der Waals surface area contributed by atoms with Crippen molar-refractivity contribution >= 4 is 17.8 Å². The largest absolute Gasteiger partial charge is 0.462 e.